The molecule has 0 aliphatic carbocycles. The normalized spacial score (nSPS) is 11.3. The molecule has 0 saturated heterocycles. The van der Waals surface area contributed by atoms with Crippen molar-refractivity contribution in [3.63, 3.8) is 0 Å². The van der Waals surface area contributed by atoms with E-state index in [4.69, 9.17) is 4.74 Å². The molecule has 2 amide bonds. The molecule has 0 spiro atoms. The van der Waals surface area contributed by atoms with Crippen molar-refractivity contribution in [3.8, 4) is 5.75 Å². The van der Waals surface area contributed by atoms with Crippen LogP contribution in [0.3, 0.4) is 0 Å². The number of sulfone groups is 1. The van der Waals surface area contributed by atoms with Crippen LogP contribution in [0.1, 0.15) is 20.3 Å². The highest BCUT2D eigenvalue weighted by atomic mass is 32.2. The number of hydrogen-bond donors (Lipinski definition) is 2. The van der Waals surface area contributed by atoms with Gasteiger partial charge in [0.15, 0.2) is 15.0 Å². The zero-order valence-corrected chi connectivity index (χ0v) is 16.8. The molecule has 0 atom stereocenters. The second kappa shape index (κ2) is 8.96. The molecule has 0 aliphatic heterocycles. The third-order valence-electron chi connectivity index (χ3n) is 3.15. The third kappa shape index (κ3) is 6.65. The third-order valence-corrected chi connectivity index (χ3v) is 5.85. The minimum atomic E-state index is -3.39. The zero-order chi connectivity index (χ0) is 20.0. The Hall–Kier alpha value is -2.46. The number of anilines is 2. The van der Waals surface area contributed by atoms with E-state index in [0.717, 1.165) is 23.8 Å². The van der Waals surface area contributed by atoms with Crippen LogP contribution in [0.25, 0.3) is 0 Å². The lowest BCUT2D eigenvalue weighted by atomic mass is 10.2. The maximum Gasteiger partial charge on any atom is 0.235 e. The first-order valence-electron chi connectivity index (χ1n) is 8.12. The molecule has 0 unspecified atom stereocenters. The lowest BCUT2D eigenvalue weighted by molar-refractivity contribution is -0.123. The van der Waals surface area contributed by atoms with Crippen LogP contribution >= 0.6 is 11.3 Å². The number of nitrogens with zero attached hydrogens (tertiary/aromatic N) is 1. The van der Waals surface area contributed by atoms with Crippen LogP contribution in [-0.2, 0) is 19.4 Å². The number of nitrogens with one attached hydrogen (secondary N) is 2. The minimum absolute atomic E-state index is 0.0403. The van der Waals surface area contributed by atoms with Crippen molar-refractivity contribution in [2.45, 2.75) is 24.5 Å². The quantitative estimate of drug-likeness (QED) is 0.645. The predicted molar refractivity (Wildman–Crippen MR) is 104 cm³/mol. The Labute approximate surface area is 161 Å². The number of ether oxygens (including phenoxy) is 1. The first-order chi connectivity index (χ1) is 12.6. The van der Waals surface area contributed by atoms with E-state index in [0.29, 0.717) is 24.0 Å². The number of thiazole rings is 1. The molecule has 2 rings (SSSR count). The summed E-state index contributed by atoms with van der Waals surface area (Å²) in [6.07, 6.45) is 1.78. The van der Waals surface area contributed by atoms with Gasteiger partial charge >= 0.3 is 0 Å². The topological polar surface area (TPSA) is 114 Å². The molecule has 8 nitrogen and oxygen atoms in total. The fraction of sp³-hybridized carbons (Fsp3) is 0.353. The molecule has 2 aromatic rings. The first kappa shape index (κ1) is 20.8. The van der Waals surface area contributed by atoms with Crippen molar-refractivity contribution in [2.24, 2.45) is 5.92 Å². The molecule has 0 fully saturated rings. The van der Waals surface area contributed by atoms with Gasteiger partial charge < -0.3 is 15.4 Å². The van der Waals surface area contributed by atoms with Crippen LogP contribution in [-0.4, -0.2) is 38.1 Å². The molecule has 0 radical (unpaired) electrons. The summed E-state index contributed by atoms with van der Waals surface area (Å²) in [5, 5.41) is 5.18. The van der Waals surface area contributed by atoms with Gasteiger partial charge in [0, 0.05) is 6.26 Å². The molecule has 10 heteroatoms. The molecule has 2 N–H and O–H groups in total. The Bertz CT molecular complexity index is 922. The molecular weight excluding hydrogens is 390 g/mol. The standard InChI is InChI=1S/C17H21N3O5S2/c1-11(2)10-25-13-7-5-4-6-12(13)19-14(21)8-15(22)20-17-18-9-16(26-17)27(3,23)24/h4-7,9,11H,8,10H2,1-3H3,(H,19,21)(H,18,20,22). The van der Waals surface area contributed by atoms with Crippen LogP contribution in [0.2, 0.25) is 0 Å². The summed E-state index contributed by atoms with van der Waals surface area (Å²) in [5.74, 6) is -0.261. The maximum absolute atomic E-state index is 12.1. The number of para-hydroxylation sites is 2. The fourth-order valence-electron chi connectivity index (χ4n) is 1.94. The van der Waals surface area contributed by atoms with E-state index in [1.165, 1.54) is 0 Å². The van der Waals surface area contributed by atoms with E-state index in [1.807, 2.05) is 13.8 Å². The summed E-state index contributed by atoms with van der Waals surface area (Å²) in [5.41, 5.74) is 0.476. The predicted octanol–water partition coefficient (Wildman–Crippen LogP) is 2.55. The van der Waals surface area contributed by atoms with Crippen molar-refractivity contribution < 1.29 is 22.7 Å². The molecule has 0 aliphatic rings. The molecule has 1 aromatic carbocycles. The van der Waals surface area contributed by atoms with Crippen molar-refractivity contribution in [1.29, 1.82) is 0 Å². The summed E-state index contributed by atoms with van der Waals surface area (Å²) >= 11 is 0.828. The van der Waals surface area contributed by atoms with Crippen LogP contribution in [0, 0.1) is 5.92 Å². The number of carbonyl (C=O) groups excluding carboxylic acids is 2. The van der Waals surface area contributed by atoms with Crippen LogP contribution in [0.15, 0.2) is 34.7 Å². The summed E-state index contributed by atoms with van der Waals surface area (Å²) in [6.45, 7) is 4.53. The van der Waals surface area contributed by atoms with Crippen molar-refractivity contribution in [1.82, 2.24) is 4.98 Å². The van der Waals surface area contributed by atoms with Crippen LogP contribution < -0.4 is 15.4 Å². The largest absolute Gasteiger partial charge is 0.491 e. The lowest BCUT2D eigenvalue weighted by Crippen LogP contribution is -2.21. The number of aromatic nitrogens is 1. The second-order valence-electron chi connectivity index (χ2n) is 6.23. The number of benzene rings is 1. The van der Waals surface area contributed by atoms with E-state index in [9.17, 15) is 18.0 Å². The van der Waals surface area contributed by atoms with Gasteiger partial charge in [0.2, 0.25) is 11.8 Å². The van der Waals surface area contributed by atoms with Gasteiger partial charge in [-0.25, -0.2) is 13.4 Å². The minimum Gasteiger partial charge on any atom is -0.491 e. The van der Waals surface area contributed by atoms with Gasteiger partial charge in [0.05, 0.1) is 18.5 Å². The fourth-order valence-corrected chi connectivity index (χ4v) is 3.60. The Morgan fingerprint density at radius 3 is 2.48 bits per heavy atom. The highest BCUT2D eigenvalue weighted by molar-refractivity contribution is 7.92. The van der Waals surface area contributed by atoms with Gasteiger partial charge in [0.1, 0.15) is 16.4 Å². The first-order valence-corrected chi connectivity index (χ1v) is 10.8. The Balaban J connectivity index is 1.94. The van der Waals surface area contributed by atoms with Gasteiger partial charge in [-0.2, -0.15) is 0 Å². The molecule has 0 bridgehead atoms. The van der Waals surface area contributed by atoms with Crippen molar-refractivity contribution >= 4 is 43.8 Å². The average Bonchev–Trinajstić information content (AvgIpc) is 3.02. The molecular formula is C17H21N3O5S2. The van der Waals surface area contributed by atoms with E-state index in [-0.39, 0.29) is 9.34 Å². The smallest absolute Gasteiger partial charge is 0.235 e. The van der Waals surface area contributed by atoms with Gasteiger partial charge in [-0.1, -0.05) is 37.3 Å². The molecule has 27 heavy (non-hydrogen) atoms. The number of hydrogen-bond acceptors (Lipinski definition) is 7. The molecule has 1 aromatic heterocycles. The summed E-state index contributed by atoms with van der Waals surface area (Å²) in [7, 11) is -3.39. The van der Waals surface area contributed by atoms with Crippen LogP contribution in [0.5, 0.6) is 5.75 Å². The molecule has 146 valence electrons. The van der Waals surface area contributed by atoms with Crippen molar-refractivity contribution in [2.75, 3.05) is 23.5 Å². The summed E-state index contributed by atoms with van der Waals surface area (Å²) in [6, 6.07) is 6.96. The summed E-state index contributed by atoms with van der Waals surface area (Å²) in [4.78, 5) is 27.9. The molecule has 1 heterocycles. The van der Waals surface area contributed by atoms with Gasteiger partial charge in [-0.15, -0.1) is 0 Å². The Kier molecular flexibility index (Phi) is 6.92. The van der Waals surface area contributed by atoms with E-state index >= 15 is 0 Å². The highest BCUT2D eigenvalue weighted by Crippen LogP contribution is 2.25. The number of rotatable bonds is 8. The van der Waals surface area contributed by atoms with Gasteiger partial charge in [-0.05, 0) is 18.1 Å². The van der Waals surface area contributed by atoms with Crippen LogP contribution in [0.4, 0.5) is 10.8 Å². The zero-order valence-electron chi connectivity index (χ0n) is 15.2. The summed E-state index contributed by atoms with van der Waals surface area (Å²) < 4.78 is 28.5. The van der Waals surface area contributed by atoms with E-state index < -0.39 is 28.1 Å². The highest BCUT2D eigenvalue weighted by Gasteiger charge is 2.16. The average molecular weight is 412 g/mol. The van der Waals surface area contributed by atoms with Gasteiger partial charge in [0.25, 0.3) is 0 Å². The lowest BCUT2D eigenvalue weighted by Gasteiger charge is -2.13. The van der Waals surface area contributed by atoms with E-state index in [2.05, 4.69) is 15.6 Å². The SMILES string of the molecule is CC(C)COc1ccccc1NC(=O)CC(=O)Nc1ncc(S(C)(=O)=O)s1. The van der Waals surface area contributed by atoms with E-state index in [1.54, 1.807) is 24.3 Å². The Morgan fingerprint density at radius 2 is 1.85 bits per heavy atom. The number of carbonyl (C=O) groups is 2. The Morgan fingerprint density at radius 1 is 1.19 bits per heavy atom. The second-order valence-corrected chi connectivity index (χ2v) is 9.50. The molecule has 0 saturated carbocycles. The van der Waals surface area contributed by atoms with Crippen molar-refractivity contribution in [3.05, 3.63) is 30.5 Å². The number of amides is 2. The van der Waals surface area contributed by atoms with Gasteiger partial charge in [-0.3, -0.25) is 9.59 Å². The maximum atomic E-state index is 12.1. The monoisotopic (exact) mass is 411 g/mol.